The molecule has 0 N–H and O–H groups in total. The van der Waals surface area contributed by atoms with Gasteiger partial charge >= 0.3 is 0 Å². The van der Waals surface area contributed by atoms with E-state index in [0.29, 0.717) is 31.3 Å². The maximum Gasteiger partial charge on any atom is 0.276 e. The van der Waals surface area contributed by atoms with E-state index >= 15 is 0 Å². The van der Waals surface area contributed by atoms with Crippen molar-refractivity contribution in [2.45, 2.75) is 24.5 Å². The summed E-state index contributed by atoms with van der Waals surface area (Å²) in [4.78, 5) is 25.9. The fraction of sp³-hybridized carbons (Fsp3) is 0.467. The highest BCUT2D eigenvalue weighted by molar-refractivity contribution is 5.92. The Labute approximate surface area is 132 Å². The lowest BCUT2D eigenvalue weighted by Gasteiger charge is -2.52. The molecule has 1 unspecified atom stereocenters. The highest BCUT2D eigenvalue weighted by Crippen LogP contribution is 2.36. The number of rotatable bonds is 3. The van der Waals surface area contributed by atoms with E-state index in [9.17, 15) is 4.79 Å². The van der Waals surface area contributed by atoms with Gasteiger partial charge in [-0.05, 0) is 0 Å². The zero-order valence-electron chi connectivity index (χ0n) is 12.4. The first kappa shape index (κ1) is 14.1. The van der Waals surface area contributed by atoms with Crippen LogP contribution in [0.1, 0.15) is 23.3 Å². The van der Waals surface area contributed by atoms with Gasteiger partial charge in [-0.1, -0.05) is 0 Å². The smallest absolute Gasteiger partial charge is 0.276 e. The van der Waals surface area contributed by atoms with E-state index in [1.165, 1.54) is 12.7 Å². The summed E-state index contributed by atoms with van der Waals surface area (Å²) in [6.45, 7) is 1.69. The average molecular weight is 316 g/mol. The molecule has 4 heterocycles. The van der Waals surface area contributed by atoms with Gasteiger partial charge in [-0.3, -0.25) is 9.78 Å². The van der Waals surface area contributed by atoms with Crippen LogP contribution in [0.25, 0.3) is 0 Å². The van der Waals surface area contributed by atoms with Crippen LogP contribution in [0, 0.1) is 0 Å². The number of amides is 1. The fourth-order valence-corrected chi connectivity index (χ4v) is 3.09. The molecule has 2 fully saturated rings. The largest absolute Gasteiger partial charge is 0.473 e. The zero-order valence-corrected chi connectivity index (χ0v) is 12.4. The predicted octanol–water partition coefficient (Wildman–Crippen LogP) is 0.917. The first-order chi connectivity index (χ1) is 11.2. The van der Waals surface area contributed by atoms with Crippen LogP contribution in [0.5, 0.6) is 5.88 Å². The molecule has 1 amide bonds. The van der Waals surface area contributed by atoms with Gasteiger partial charge in [0, 0.05) is 25.2 Å². The van der Waals surface area contributed by atoms with Crippen LogP contribution in [0.2, 0.25) is 0 Å². The maximum atomic E-state index is 12.2. The summed E-state index contributed by atoms with van der Waals surface area (Å²) in [6.07, 6.45) is 8.97. The van der Waals surface area contributed by atoms with E-state index in [0.717, 1.165) is 12.8 Å². The summed E-state index contributed by atoms with van der Waals surface area (Å²) < 4.78 is 16.6. The molecule has 2 aliphatic rings. The Morgan fingerprint density at radius 1 is 1.35 bits per heavy atom. The first-order valence-electron chi connectivity index (χ1n) is 7.48. The lowest BCUT2D eigenvalue weighted by molar-refractivity contribution is -0.174. The van der Waals surface area contributed by atoms with Gasteiger partial charge in [-0.15, -0.1) is 0 Å². The van der Waals surface area contributed by atoms with Gasteiger partial charge in [0.15, 0.2) is 12.1 Å². The van der Waals surface area contributed by atoms with Gasteiger partial charge in [0.05, 0.1) is 25.9 Å². The van der Waals surface area contributed by atoms with Crippen LogP contribution in [-0.2, 0) is 4.74 Å². The van der Waals surface area contributed by atoms with Crippen molar-refractivity contribution in [3.8, 4) is 5.88 Å². The Kier molecular flexibility index (Phi) is 3.45. The second kappa shape index (κ2) is 5.62. The molecule has 0 saturated carbocycles. The summed E-state index contributed by atoms with van der Waals surface area (Å²) >= 11 is 0. The average Bonchev–Trinajstić information content (AvgIpc) is 3.07. The lowest BCUT2D eigenvalue weighted by atomic mass is 9.84. The molecule has 120 valence electrons. The highest BCUT2D eigenvalue weighted by Gasteiger charge is 2.50. The van der Waals surface area contributed by atoms with Crippen molar-refractivity contribution in [3.63, 3.8) is 0 Å². The minimum Gasteiger partial charge on any atom is -0.473 e. The molecule has 2 aliphatic heterocycles. The molecule has 8 nitrogen and oxygen atoms in total. The summed E-state index contributed by atoms with van der Waals surface area (Å²) in [5.41, 5.74) is -0.00661. The number of hydrogen-bond donors (Lipinski definition) is 0. The second-order valence-corrected chi connectivity index (χ2v) is 5.84. The van der Waals surface area contributed by atoms with Crippen LogP contribution >= 0.6 is 0 Å². The minimum absolute atomic E-state index is 0.0183. The summed E-state index contributed by atoms with van der Waals surface area (Å²) in [6, 6.07) is 0. The van der Waals surface area contributed by atoms with Gasteiger partial charge in [0.25, 0.3) is 5.91 Å². The normalized spacial score (nSPS) is 22.6. The number of carbonyl (C=O) groups excluding carboxylic acids is 1. The lowest BCUT2D eigenvalue weighted by Crippen LogP contribution is -2.67. The van der Waals surface area contributed by atoms with Gasteiger partial charge in [0.2, 0.25) is 5.88 Å². The SMILES string of the molecule is O=C(c1cocn1)N1CC2(CC(Oc3cnccn3)CCO2)C1. The van der Waals surface area contributed by atoms with Crippen molar-refractivity contribution >= 4 is 5.91 Å². The van der Waals surface area contributed by atoms with Gasteiger partial charge in [0.1, 0.15) is 18.0 Å². The number of nitrogens with zero attached hydrogens (tertiary/aromatic N) is 4. The van der Waals surface area contributed by atoms with Crippen molar-refractivity contribution in [2.24, 2.45) is 0 Å². The number of aromatic nitrogens is 3. The van der Waals surface area contributed by atoms with Crippen molar-refractivity contribution in [1.29, 1.82) is 0 Å². The van der Waals surface area contributed by atoms with Crippen LogP contribution in [0.15, 0.2) is 35.7 Å². The summed E-state index contributed by atoms with van der Waals surface area (Å²) in [7, 11) is 0. The Bertz CT molecular complexity index is 670. The zero-order chi connectivity index (χ0) is 15.7. The van der Waals surface area contributed by atoms with E-state index in [1.807, 2.05) is 0 Å². The molecule has 0 radical (unpaired) electrons. The Hall–Kier alpha value is -2.48. The number of oxazole rings is 1. The Morgan fingerprint density at radius 3 is 3.00 bits per heavy atom. The predicted molar refractivity (Wildman–Crippen MR) is 76.8 cm³/mol. The number of hydrogen-bond acceptors (Lipinski definition) is 7. The molecule has 0 aliphatic carbocycles. The van der Waals surface area contributed by atoms with E-state index in [2.05, 4.69) is 15.0 Å². The van der Waals surface area contributed by atoms with Crippen molar-refractivity contribution in [3.05, 3.63) is 36.9 Å². The van der Waals surface area contributed by atoms with Crippen LogP contribution < -0.4 is 4.74 Å². The molecule has 1 spiro atoms. The van der Waals surface area contributed by atoms with E-state index in [1.54, 1.807) is 23.5 Å². The molecule has 0 bridgehead atoms. The van der Waals surface area contributed by atoms with Crippen LogP contribution in [0.4, 0.5) is 0 Å². The van der Waals surface area contributed by atoms with E-state index in [4.69, 9.17) is 13.9 Å². The van der Waals surface area contributed by atoms with Gasteiger partial charge in [-0.2, -0.15) is 0 Å². The molecule has 2 aromatic rings. The second-order valence-electron chi connectivity index (χ2n) is 5.84. The molecule has 23 heavy (non-hydrogen) atoms. The third-order valence-corrected chi connectivity index (χ3v) is 4.17. The number of ether oxygens (including phenoxy) is 2. The Morgan fingerprint density at radius 2 is 2.26 bits per heavy atom. The van der Waals surface area contributed by atoms with Crippen LogP contribution in [-0.4, -0.2) is 57.2 Å². The van der Waals surface area contributed by atoms with Crippen molar-refractivity contribution in [1.82, 2.24) is 19.9 Å². The van der Waals surface area contributed by atoms with Gasteiger partial charge in [-0.25, -0.2) is 9.97 Å². The molecular formula is C15H16N4O4. The highest BCUT2D eigenvalue weighted by atomic mass is 16.5. The van der Waals surface area contributed by atoms with Crippen molar-refractivity contribution in [2.75, 3.05) is 19.7 Å². The fourth-order valence-electron chi connectivity index (χ4n) is 3.09. The van der Waals surface area contributed by atoms with E-state index < -0.39 is 0 Å². The number of likely N-dealkylation sites (tertiary alicyclic amines) is 1. The quantitative estimate of drug-likeness (QED) is 0.831. The maximum absolute atomic E-state index is 12.2. The summed E-state index contributed by atoms with van der Waals surface area (Å²) in [5, 5.41) is 0. The molecule has 2 aromatic heterocycles. The monoisotopic (exact) mass is 316 g/mol. The molecule has 0 aromatic carbocycles. The van der Waals surface area contributed by atoms with Crippen LogP contribution in [0.3, 0.4) is 0 Å². The summed E-state index contributed by atoms with van der Waals surface area (Å²) in [5.74, 6) is 0.384. The van der Waals surface area contributed by atoms with Crippen molar-refractivity contribution < 1.29 is 18.7 Å². The molecular weight excluding hydrogens is 300 g/mol. The molecule has 4 rings (SSSR count). The van der Waals surface area contributed by atoms with E-state index in [-0.39, 0.29) is 17.6 Å². The topological polar surface area (TPSA) is 90.6 Å². The molecule has 8 heteroatoms. The number of carbonyl (C=O) groups is 1. The third kappa shape index (κ3) is 2.77. The minimum atomic E-state index is -0.329. The Balaban J connectivity index is 1.36. The molecule has 1 atom stereocenters. The first-order valence-corrected chi connectivity index (χ1v) is 7.48. The van der Waals surface area contributed by atoms with Gasteiger partial charge < -0.3 is 18.8 Å². The molecule has 2 saturated heterocycles. The standard InChI is InChI=1S/C15H16N4O4/c20-14(12-7-21-10-18-12)19-8-15(9-19)5-11(1-4-22-15)23-13-6-16-2-3-17-13/h2-3,6-7,10-11H,1,4-5,8-9H2. The third-order valence-electron chi connectivity index (χ3n) is 4.17.